The highest BCUT2D eigenvalue weighted by Gasteiger charge is 2.11. The number of hydrogen-bond acceptors (Lipinski definition) is 3. The molecule has 0 aliphatic rings. The van der Waals surface area contributed by atoms with Crippen molar-refractivity contribution in [3.63, 3.8) is 0 Å². The monoisotopic (exact) mass is 362 g/mol. The second-order valence-corrected chi connectivity index (χ2v) is 6.47. The Labute approximate surface area is 158 Å². The van der Waals surface area contributed by atoms with Gasteiger partial charge in [-0.3, -0.25) is 9.59 Å². The van der Waals surface area contributed by atoms with Crippen LogP contribution in [0.5, 0.6) is 0 Å². The first kappa shape index (κ1) is 18.4. The van der Waals surface area contributed by atoms with Gasteiger partial charge in [0.2, 0.25) is 11.8 Å². The molecule has 6 heteroatoms. The van der Waals surface area contributed by atoms with Crippen molar-refractivity contribution in [2.24, 2.45) is 7.05 Å². The van der Waals surface area contributed by atoms with E-state index in [2.05, 4.69) is 33.2 Å². The molecule has 1 aromatic carbocycles. The van der Waals surface area contributed by atoms with E-state index in [0.717, 1.165) is 22.0 Å². The van der Waals surface area contributed by atoms with Crippen molar-refractivity contribution in [1.82, 2.24) is 14.5 Å². The second kappa shape index (κ2) is 7.86. The quantitative estimate of drug-likeness (QED) is 0.709. The molecule has 0 saturated carbocycles. The van der Waals surface area contributed by atoms with Crippen LogP contribution in [-0.4, -0.2) is 33.3 Å². The Balaban J connectivity index is 1.66. The number of carbonyl (C=O) groups is 2. The minimum atomic E-state index is -0.170. The minimum Gasteiger partial charge on any atom is -0.350 e. The normalized spacial score (nSPS) is 11.1. The molecule has 0 saturated heterocycles. The lowest BCUT2D eigenvalue weighted by molar-refractivity contribution is -0.125. The van der Waals surface area contributed by atoms with E-state index in [1.165, 1.54) is 13.0 Å². The molecular formula is C21H22N4O2. The highest BCUT2D eigenvalue weighted by atomic mass is 16.2. The summed E-state index contributed by atoms with van der Waals surface area (Å²) in [7, 11) is 3.79. The van der Waals surface area contributed by atoms with E-state index < -0.39 is 0 Å². The summed E-state index contributed by atoms with van der Waals surface area (Å²) in [4.78, 5) is 29.2. The van der Waals surface area contributed by atoms with Crippen molar-refractivity contribution in [3.05, 3.63) is 66.0 Å². The van der Waals surface area contributed by atoms with Gasteiger partial charge in [0.1, 0.15) is 5.82 Å². The summed E-state index contributed by atoms with van der Waals surface area (Å²) in [5.74, 6) is 0.226. The van der Waals surface area contributed by atoms with Gasteiger partial charge in [0.05, 0.1) is 0 Å². The van der Waals surface area contributed by atoms with Crippen molar-refractivity contribution in [2.45, 2.75) is 13.5 Å². The molecular weight excluding hydrogens is 340 g/mol. The number of aryl methyl sites for hydroxylation is 1. The van der Waals surface area contributed by atoms with Gasteiger partial charge in [0.15, 0.2) is 0 Å². The average Bonchev–Trinajstić information content (AvgIpc) is 2.96. The maximum absolute atomic E-state index is 12.4. The number of nitrogens with one attached hydrogen (secondary N) is 1. The maximum Gasteiger partial charge on any atom is 0.246 e. The number of para-hydroxylation sites is 1. The lowest BCUT2D eigenvalue weighted by Crippen LogP contribution is -2.24. The molecule has 0 radical (unpaired) electrons. The van der Waals surface area contributed by atoms with E-state index in [1.54, 1.807) is 36.4 Å². The number of fused-ring (bicyclic) bond motifs is 1. The Morgan fingerprint density at radius 1 is 1.22 bits per heavy atom. The van der Waals surface area contributed by atoms with Gasteiger partial charge in [-0.25, -0.2) is 4.98 Å². The van der Waals surface area contributed by atoms with E-state index in [1.807, 2.05) is 19.2 Å². The third kappa shape index (κ3) is 4.41. The van der Waals surface area contributed by atoms with E-state index >= 15 is 0 Å². The molecule has 1 N–H and O–H groups in total. The Morgan fingerprint density at radius 2 is 2.00 bits per heavy atom. The second-order valence-electron chi connectivity index (χ2n) is 6.47. The zero-order valence-corrected chi connectivity index (χ0v) is 15.6. The van der Waals surface area contributed by atoms with Gasteiger partial charge < -0.3 is 14.8 Å². The van der Waals surface area contributed by atoms with Crippen molar-refractivity contribution in [1.29, 1.82) is 0 Å². The van der Waals surface area contributed by atoms with Gasteiger partial charge in [0, 0.05) is 56.9 Å². The van der Waals surface area contributed by atoms with Gasteiger partial charge in [-0.1, -0.05) is 18.2 Å². The lowest BCUT2D eigenvalue weighted by Gasteiger charge is -2.14. The first-order chi connectivity index (χ1) is 12.9. The molecule has 138 valence electrons. The van der Waals surface area contributed by atoms with Crippen molar-refractivity contribution >= 4 is 34.6 Å². The van der Waals surface area contributed by atoms with Crippen LogP contribution in [0.3, 0.4) is 0 Å². The molecule has 2 aromatic heterocycles. The van der Waals surface area contributed by atoms with E-state index in [0.29, 0.717) is 12.4 Å². The maximum atomic E-state index is 12.4. The number of aromatic nitrogens is 2. The molecule has 0 spiro atoms. The van der Waals surface area contributed by atoms with Crippen LogP contribution in [0.2, 0.25) is 0 Å². The molecule has 3 rings (SSSR count). The summed E-state index contributed by atoms with van der Waals surface area (Å²) in [6.07, 6.45) is 6.91. The van der Waals surface area contributed by atoms with Gasteiger partial charge in [-0.15, -0.1) is 0 Å². The smallest absolute Gasteiger partial charge is 0.246 e. The largest absolute Gasteiger partial charge is 0.350 e. The highest BCUT2D eigenvalue weighted by molar-refractivity contribution is 5.92. The van der Waals surface area contributed by atoms with Crippen LogP contribution < -0.4 is 5.32 Å². The van der Waals surface area contributed by atoms with Gasteiger partial charge >= 0.3 is 0 Å². The standard InChI is InChI=1S/C21H22N4O2/c1-15(26)23-20-10-8-16(12-22-20)9-11-21(27)25(3)14-17-13-24(2)19-7-5-4-6-18(17)19/h4-13H,14H2,1-3H3,(H,22,23,26)/b11-9+. The number of benzene rings is 1. The fourth-order valence-electron chi connectivity index (χ4n) is 2.94. The van der Waals surface area contributed by atoms with Gasteiger partial charge in [-0.2, -0.15) is 0 Å². The van der Waals surface area contributed by atoms with Crippen LogP contribution in [0, 0.1) is 0 Å². The van der Waals surface area contributed by atoms with Crippen LogP contribution in [-0.2, 0) is 23.2 Å². The van der Waals surface area contributed by atoms with E-state index in [9.17, 15) is 9.59 Å². The molecule has 0 fully saturated rings. The summed E-state index contributed by atoms with van der Waals surface area (Å²) in [6, 6.07) is 11.7. The number of hydrogen-bond donors (Lipinski definition) is 1. The number of rotatable bonds is 5. The number of carbonyl (C=O) groups excluding carboxylic acids is 2. The molecule has 3 aromatic rings. The summed E-state index contributed by atoms with van der Waals surface area (Å²) in [5, 5.41) is 3.76. The Morgan fingerprint density at radius 3 is 2.70 bits per heavy atom. The number of nitrogens with zero attached hydrogens (tertiary/aromatic N) is 3. The van der Waals surface area contributed by atoms with Gasteiger partial charge in [0.25, 0.3) is 0 Å². The predicted molar refractivity (Wildman–Crippen MR) is 107 cm³/mol. The highest BCUT2D eigenvalue weighted by Crippen LogP contribution is 2.21. The molecule has 0 bridgehead atoms. The average molecular weight is 362 g/mol. The number of likely N-dealkylation sites (N-methyl/N-ethyl adjacent to an activating group) is 1. The number of anilines is 1. The fraction of sp³-hybridized carbons (Fsp3) is 0.190. The van der Waals surface area contributed by atoms with Crippen LogP contribution in [0.1, 0.15) is 18.1 Å². The third-order valence-corrected chi connectivity index (χ3v) is 4.27. The fourth-order valence-corrected chi connectivity index (χ4v) is 2.94. The summed E-state index contributed by atoms with van der Waals surface area (Å²) < 4.78 is 2.07. The summed E-state index contributed by atoms with van der Waals surface area (Å²) in [5.41, 5.74) is 3.05. The first-order valence-corrected chi connectivity index (χ1v) is 8.64. The van der Waals surface area contributed by atoms with Crippen molar-refractivity contribution < 1.29 is 9.59 Å². The topological polar surface area (TPSA) is 67.2 Å². The predicted octanol–water partition coefficient (Wildman–Crippen LogP) is 3.20. The molecule has 0 atom stereocenters. The molecule has 0 unspecified atom stereocenters. The van der Waals surface area contributed by atoms with Crippen LogP contribution >= 0.6 is 0 Å². The summed E-state index contributed by atoms with van der Waals surface area (Å²) in [6.45, 7) is 1.96. The molecule has 2 heterocycles. The van der Waals surface area contributed by atoms with Crippen LogP contribution in [0.25, 0.3) is 17.0 Å². The molecule has 0 aliphatic carbocycles. The zero-order valence-electron chi connectivity index (χ0n) is 15.6. The Hall–Kier alpha value is -3.41. The van der Waals surface area contributed by atoms with Gasteiger partial charge in [-0.05, 0) is 35.4 Å². The minimum absolute atomic E-state index is 0.0890. The van der Waals surface area contributed by atoms with E-state index in [-0.39, 0.29) is 11.8 Å². The number of pyridine rings is 1. The van der Waals surface area contributed by atoms with Crippen LogP contribution in [0.15, 0.2) is 54.9 Å². The number of amides is 2. The van der Waals surface area contributed by atoms with Crippen LogP contribution in [0.4, 0.5) is 5.82 Å². The molecule has 0 aliphatic heterocycles. The lowest BCUT2D eigenvalue weighted by atomic mass is 10.1. The van der Waals surface area contributed by atoms with Crippen molar-refractivity contribution in [2.75, 3.05) is 12.4 Å². The molecule has 6 nitrogen and oxygen atoms in total. The zero-order chi connectivity index (χ0) is 19.4. The van der Waals surface area contributed by atoms with Crippen molar-refractivity contribution in [3.8, 4) is 0 Å². The molecule has 27 heavy (non-hydrogen) atoms. The Kier molecular flexibility index (Phi) is 5.35. The first-order valence-electron chi connectivity index (χ1n) is 8.64. The van der Waals surface area contributed by atoms with E-state index in [4.69, 9.17) is 0 Å². The Bertz CT molecular complexity index is 1000. The molecule has 2 amide bonds. The SMILES string of the molecule is CC(=O)Nc1ccc(/C=C/C(=O)N(C)Cc2cn(C)c3ccccc23)cn1. The third-order valence-electron chi connectivity index (χ3n) is 4.27. The summed E-state index contributed by atoms with van der Waals surface area (Å²) >= 11 is 0.